The first-order valence-corrected chi connectivity index (χ1v) is 8.05. The Morgan fingerprint density at radius 3 is 2.65 bits per heavy atom. The molecule has 2 aliphatic rings. The van der Waals surface area contributed by atoms with Crippen molar-refractivity contribution in [3.05, 3.63) is 34.4 Å². The Labute approximate surface area is 127 Å². The lowest BCUT2D eigenvalue weighted by molar-refractivity contribution is 0.655. The predicted octanol–water partition coefficient (Wildman–Crippen LogP) is 3.95. The third kappa shape index (κ3) is 1.67. The molecule has 20 heavy (non-hydrogen) atoms. The summed E-state index contributed by atoms with van der Waals surface area (Å²) < 4.78 is 2.92. The van der Waals surface area contributed by atoms with Gasteiger partial charge in [0.05, 0.1) is 5.69 Å². The molecular weight excluding hydrogens is 314 g/mol. The first kappa shape index (κ1) is 12.5. The van der Waals surface area contributed by atoms with Crippen LogP contribution in [0.25, 0.3) is 11.1 Å². The normalized spacial score (nSPS) is 27.6. The SMILES string of the molecule is Cn1nc(C2C3CCCC32)c(-c2ccccc2Br)c1N. The Kier molecular flexibility index (Phi) is 2.71. The van der Waals surface area contributed by atoms with Crippen LogP contribution in [0.4, 0.5) is 5.82 Å². The van der Waals surface area contributed by atoms with Crippen LogP contribution in [-0.2, 0) is 7.05 Å². The Bertz CT molecular complexity index is 666. The van der Waals surface area contributed by atoms with E-state index in [4.69, 9.17) is 10.8 Å². The Morgan fingerprint density at radius 2 is 1.95 bits per heavy atom. The summed E-state index contributed by atoms with van der Waals surface area (Å²) in [6, 6.07) is 8.29. The number of fused-ring (bicyclic) bond motifs is 1. The van der Waals surface area contributed by atoms with E-state index < -0.39 is 0 Å². The van der Waals surface area contributed by atoms with Crippen molar-refractivity contribution >= 4 is 21.7 Å². The second kappa shape index (κ2) is 4.35. The van der Waals surface area contributed by atoms with Crippen molar-refractivity contribution in [1.29, 1.82) is 0 Å². The Morgan fingerprint density at radius 1 is 1.25 bits per heavy atom. The number of anilines is 1. The number of nitrogen functional groups attached to an aromatic ring is 1. The number of nitrogens with zero attached hydrogens (tertiary/aromatic N) is 2. The molecule has 0 spiro atoms. The minimum atomic E-state index is 0.634. The molecule has 2 fully saturated rings. The molecule has 2 saturated carbocycles. The zero-order valence-electron chi connectivity index (χ0n) is 11.5. The van der Waals surface area contributed by atoms with E-state index in [9.17, 15) is 0 Å². The highest BCUT2D eigenvalue weighted by Gasteiger charge is 2.55. The lowest BCUT2D eigenvalue weighted by Gasteiger charge is -2.07. The van der Waals surface area contributed by atoms with Crippen LogP contribution in [0.1, 0.15) is 30.9 Å². The molecule has 3 nitrogen and oxygen atoms in total. The number of hydrogen-bond acceptors (Lipinski definition) is 2. The van der Waals surface area contributed by atoms with Crippen molar-refractivity contribution in [3.8, 4) is 11.1 Å². The summed E-state index contributed by atoms with van der Waals surface area (Å²) in [5.74, 6) is 3.11. The van der Waals surface area contributed by atoms with Gasteiger partial charge in [0.25, 0.3) is 0 Å². The number of rotatable bonds is 2. The summed E-state index contributed by atoms with van der Waals surface area (Å²) in [6.07, 6.45) is 4.11. The zero-order valence-corrected chi connectivity index (χ0v) is 13.1. The molecule has 4 heteroatoms. The van der Waals surface area contributed by atoms with Gasteiger partial charge in [-0.15, -0.1) is 0 Å². The molecule has 0 amide bonds. The van der Waals surface area contributed by atoms with Crippen LogP contribution >= 0.6 is 15.9 Å². The summed E-state index contributed by atoms with van der Waals surface area (Å²) in [5.41, 5.74) is 9.82. The second-order valence-corrected chi connectivity index (χ2v) is 6.89. The minimum Gasteiger partial charge on any atom is -0.383 e. The maximum Gasteiger partial charge on any atom is 0.129 e. The molecule has 104 valence electrons. The zero-order chi connectivity index (χ0) is 13.9. The molecule has 0 bridgehead atoms. The van der Waals surface area contributed by atoms with Gasteiger partial charge in [-0.05, 0) is 30.7 Å². The number of nitrogens with two attached hydrogens (primary N) is 1. The number of aryl methyl sites for hydroxylation is 1. The topological polar surface area (TPSA) is 43.8 Å². The van der Waals surface area contributed by atoms with Crippen LogP contribution in [0.2, 0.25) is 0 Å². The van der Waals surface area contributed by atoms with Crippen LogP contribution in [-0.4, -0.2) is 9.78 Å². The van der Waals surface area contributed by atoms with E-state index in [0.29, 0.717) is 5.92 Å². The molecule has 4 rings (SSSR count). The van der Waals surface area contributed by atoms with Crippen LogP contribution in [0.15, 0.2) is 28.7 Å². The third-order valence-electron chi connectivity index (χ3n) is 4.98. The van der Waals surface area contributed by atoms with Gasteiger partial charge in [-0.3, -0.25) is 4.68 Å². The quantitative estimate of drug-likeness (QED) is 0.905. The van der Waals surface area contributed by atoms with Crippen molar-refractivity contribution < 1.29 is 0 Å². The van der Waals surface area contributed by atoms with E-state index in [-0.39, 0.29) is 0 Å². The van der Waals surface area contributed by atoms with Crippen molar-refractivity contribution in [2.24, 2.45) is 18.9 Å². The first-order chi connectivity index (χ1) is 9.68. The van der Waals surface area contributed by atoms with Gasteiger partial charge in [-0.25, -0.2) is 0 Å². The molecule has 2 unspecified atom stereocenters. The molecule has 1 aromatic carbocycles. The lowest BCUT2D eigenvalue weighted by Crippen LogP contribution is -1.98. The van der Waals surface area contributed by atoms with Crippen molar-refractivity contribution in [1.82, 2.24) is 9.78 Å². The molecular formula is C16H18BrN3. The van der Waals surface area contributed by atoms with Gasteiger partial charge in [-0.1, -0.05) is 40.5 Å². The summed E-state index contributed by atoms with van der Waals surface area (Å²) in [4.78, 5) is 0. The smallest absolute Gasteiger partial charge is 0.129 e. The largest absolute Gasteiger partial charge is 0.383 e. The molecule has 2 N–H and O–H groups in total. The minimum absolute atomic E-state index is 0.634. The maximum absolute atomic E-state index is 6.30. The lowest BCUT2D eigenvalue weighted by atomic mass is 9.99. The number of halogens is 1. The standard InChI is InChI=1S/C16H18BrN3/c1-20-16(18)14(11-5-2-3-8-12(11)17)15(19-20)13-9-6-4-7-10(9)13/h2-3,5,8-10,13H,4,6-7,18H2,1H3. The number of aromatic nitrogens is 2. The Balaban J connectivity index is 1.85. The van der Waals surface area contributed by atoms with Crippen LogP contribution in [0, 0.1) is 11.8 Å². The summed E-state index contributed by atoms with van der Waals surface area (Å²) in [6.45, 7) is 0. The summed E-state index contributed by atoms with van der Waals surface area (Å²) >= 11 is 3.65. The van der Waals surface area contributed by atoms with E-state index in [1.54, 1.807) is 0 Å². The van der Waals surface area contributed by atoms with E-state index in [1.165, 1.54) is 25.0 Å². The van der Waals surface area contributed by atoms with E-state index in [1.807, 2.05) is 17.8 Å². The maximum atomic E-state index is 6.30. The van der Waals surface area contributed by atoms with Crippen molar-refractivity contribution in [2.75, 3.05) is 5.73 Å². The van der Waals surface area contributed by atoms with Crippen LogP contribution in [0.5, 0.6) is 0 Å². The summed E-state index contributed by atoms with van der Waals surface area (Å²) in [7, 11) is 1.94. The molecule has 1 heterocycles. The van der Waals surface area contributed by atoms with Gasteiger partial charge in [0.1, 0.15) is 5.82 Å². The molecule has 2 aromatic rings. The fourth-order valence-corrected chi connectivity index (χ4v) is 4.44. The van der Waals surface area contributed by atoms with Gasteiger partial charge in [0.15, 0.2) is 0 Å². The first-order valence-electron chi connectivity index (χ1n) is 7.25. The fourth-order valence-electron chi connectivity index (χ4n) is 3.96. The van der Waals surface area contributed by atoms with Gasteiger partial charge in [0, 0.05) is 28.6 Å². The highest BCUT2D eigenvalue weighted by atomic mass is 79.9. The molecule has 1 aromatic heterocycles. The van der Waals surface area contributed by atoms with Gasteiger partial charge >= 0.3 is 0 Å². The molecule has 2 atom stereocenters. The summed E-state index contributed by atoms with van der Waals surface area (Å²) in [5, 5.41) is 4.74. The average molecular weight is 332 g/mol. The molecule has 2 aliphatic carbocycles. The van der Waals surface area contributed by atoms with Gasteiger partial charge in [-0.2, -0.15) is 5.10 Å². The van der Waals surface area contributed by atoms with Gasteiger partial charge < -0.3 is 5.73 Å². The monoisotopic (exact) mass is 331 g/mol. The van der Waals surface area contributed by atoms with Gasteiger partial charge in [0.2, 0.25) is 0 Å². The fraction of sp³-hybridized carbons (Fsp3) is 0.438. The number of benzene rings is 1. The average Bonchev–Trinajstić information content (AvgIpc) is 2.78. The molecule has 0 aliphatic heterocycles. The van der Waals surface area contributed by atoms with Crippen molar-refractivity contribution in [3.63, 3.8) is 0 Å². The second-order valence-electron chi connectivity index (χ2n) is 6.03. The van der Waals surface area contributed by atoms with Crippen molar-refractivity contribution in [2.45, 2.75) is 25.2 Å². The predicted molar refractivity (Wildman–Crippen MR) is 84.3 cm³/mol. The van der Waals surface area contributed by atoms with Crippen LogP contribution in [0.3, 0.4) is 0 Å². The number of hydrogen-bond donors (Lipinski definition) is 1. The van der Waals surface area contributed by atoms with Crippen LogP contribution < -0.4 is 5.73 Å². The van der Waals surface area contributed by atoms with E-state index >= 15 is 0 Å². The van der Waals surface area contributed by atoms with E-state index in [0.717, 1.165) is 33.3 Å². The highest BCUT2D eigenvalue weighted by molar-refractivity contribution is 9.10. The molecule has 0 saturated heterocycles. The van der Waals surface area contributed by atoms with E-state index in [2.05, 4.69) is 34.1 Å². The molecule has 0 radical (unpaired) electrons. The third-order valence-corrected chi connectivity index (χ3v) is 5.68. The Hall–Kier alpha value is -1.29. The highest BCUT2D eigenvalue weighted by Crippen LogP contribution is 2.64.